The van der Waals surface area contributed by atoms with Crippen LogP contribution in [-0.4, -0.2) is 13.9 Å². The summed E-state index contributed by atoms with van der Waals surface area (Å²) in [7, 11) is 0. The molecular weight excluding hydrogens is 222 g/mol. The van der Waals surface area contributed by atoms with Gasteiger partial charge in [0.1, 0.15) is 0 Å². The van der Waals surface area contributed by atoms with Gasteiger partial charge < -0.3 is 11.1 Å². The Kier molecular flexibility index (Phi) is 3.81. The Hall–Kier alpha value is -1.18. The maximum Gasteiger partial charge on any atom is 0.259 e. The molecule has 0 saturated heterocycles. The van der Waals surface area contributed by atoms with E-state index in [2.05, 4.69) is 22.3 Å². The van der Waals surface area contributed by atoms with Gasteiger partial charge in [0.15, 0.2) is 5.11 Å². The van der Waals surface area contributed by atoms with Crippen LogP contribution >= 0.6 is 12.2 Å². The van der Waals surface area contributed by atoms with Gasteiger partial charge in [0.05, 0.1) is 0 Å². The third-order valence-electron chi connectivity index (χ3n) is 1.36. The quantitative estimate of drug-likeness (QED) is 0.458. The largest absolute Gasteiger partial charge is 0.376 e. The monoisotopic (exact) mass is 231 g/mol. The molecule has 1 aromatic carbocycles. The van der Waals surface area contributed by atoms with Crippen LogP contribution in [-0.2, 0) is 11.3 Å². The van der Waals surface area contributed by atoms with E-state index in [0.29, 0.717) is 5.69 Å². The number of hydrogen-bond donors (Lipinski definition) is 4. The van der Waals surface area contributed by atoms with E-state index in [1.54, 1.807) is 24.3 Å². The molecule has 1 aromatic rings. The zero-order chi connectivity index (χ0) is 10.6. The van der Waals surface area contributed by atoms with Crippen LogP contribution in [0.25, 0.3) is 0 Å². The smallest absolute Gasteiger partial charge is 0.259 e. The molecule has 1 atom stereocenters. The molecule has 0 aliphatic carbocycles. The van der Waals surface area contributed by atoms with Crippen molar-refractivity contribution < 1.29 is 8.76 Å². The topological polar surface area (TPSA) is 87.4 Å². The van der Waals surface area contributed by atoms with Crippen LogP contribution in [0.15, 0.2) is 24.3 Å². The first-order chi connectivity index (χ1) is 6.58. The Labute approximate surface area is 89.1 Å². The van der Waals surface area contributed by atoms with Crippen LogP contribution in [0.1, 0.15) is 0 Å². The Morgan fingerprint density at radius 1 is 1.36 bits per heavy atom. The lowest BCUT2D eigenvalue weighted by molar-refractivity contribution is 0.570. The average molecular weight is 231 g/mol. The van der Waals surface area contributed by atoms with Crippen molar-refractivity contribution >= 4 is 40.0 Å². The van der Waals surface area contributed by atoms with Crippen LogP contribution in [0, 0.1) is 0 Å². The van der Waals surface area contributed by atoms with Gasteiger partial charge in [-0.3, -0.25) is 9.27 Å². The molecule has 5 nitrogen and oxygen atoms in total. The molecule has 0 heterocycles. The molecule has 0 aliphatic heterocycles. The highest BCUT2D eigenvalue weighted by Crippen LogP contribution is 2.13. The molecule has 1 rings (SSSR count). The third kappa shape index (κ3) is 3.69. The van der Waals surface area contributed by atoms with Crippen molar-refractivity contribution in [3.63, 3.8) is 0 Å². The average Bonchev–Trinajstić information content (AvgIpc) is 2.06. The van der Waals surface area contributed by atoms with E-state index in [4.69, 9.17) is 10.3 Å². The summed E-state index contributed by atoms with van der Waals surface area (Å²) in [6.07, 6.45) is 0. The number of rotatable bonds is 3. The minimum Gasteiger partial charge on any atom is -0.376 e. The fraction of sp³-hybridized carbons (Fsp3) is 0. The molecule has 0 radical (unpaired) electrons. The first-order valence-electron chi connectivity index (χ1n) is 3.62. The van der Waals surface area contributed by atoms with E-state index in [1.807, 2.05) is 0 Å². The number of anilines is 2. The molecule has 0 amide bonds. The second-order valence-corrected chi connectivity index (χ2v) is 3.56. The third-order valence-corrected chi connectivity index (χ3v) is 1.87. The number of hydrogen-bond acceptors (Lipinski definition) is 2. The summed E-state index contributed by atoms with van der Waals surface area (Å²) in [4.78, 5) is 0. The minimum atomic E-state index is -2.05. The summed E-state index contributed by atoms with van der Waals surface area (Å²) in [5.74, 6) is 0. The van der Waals surface area contributed by atoms with Crippen LogP contribution in [0.4, 0.5) is 11.4 Å². The molecule has 0 aromatic heterocycles. The van der Waals surface area contributed by atoms with E-state index in [0.717, 1.165) is 5.69 Å². The Morgan fingerprint density at radius 2 is 1.86 bits per heavy atom. The fourth-order valence-corrected chi connectivity index (χ4v) is 1.32. The maximum absolute atomic E-state index is 10.4. The molecule has 7 heteroatoms. The van der Waals surface area contributed by atoms with Gasteiger partial charge in [-0.1, -0.05) is 0 Å². The van der Waals surface area contributed by atoms with Crippen molar-refractivity contribution in [1.82, 2.24) is 0 Å². The zero-order valence-corrected chi connectivity index (χ0v) is 8.69. The molecule has 1 unspecified atom stereocenters. The number of nitrogens with two attached hydrogens (primary N) is 1. The van der Waals surface area contributed by atoms with Gasteiger partial charge in [-0.15, -0.1) is 0 Å². The normalized spacial score (nSPS) is 11.8. The molecule has 0 saturated carbocycles. The number of thiocarbonyl (C=S) groups is 1. The summed E-state index contributed by atoms with van der Waals surface area (Å²) in [6.45, 7) is 0. The molecule has 0 fully saturated rings. The predicted molar refractivity (Wildman–Crippen MR) is 61.2 cm³/mol. The van der Waals surface area contributed by atoms with Gasteiger partial charge >= 0.3 is 0 Å². The van der Waals surface area contributed by atoms with Crippen molar-refractivity contribution in [2.45, 2.75) is 0 Å². The van der Waals surface area contributed by atoms with Gasteiger partial charge in [0, 0.05) is 11.4 Å². The van der Waals surface area contributed by atoms with Crippen molar-refractivity contribution in [2.75, 3.05) is 10.0 Å². The molecule has 0 bridgehead atoms. The second-order valence-electron chi connectivity index (χ2n) is 2.42. The van der Waals surface area contributed by atoms with E-state index in [1.165, 1.54) is 0 Å². The molecule has 5 N–H and O–H groups in total. The predicted octanol–water partition coefficient (Wildman–Crippen LogP) is 0.891. The van der Waals surface area contributed by atoms with Crippen molar-refractivity contribution in [3.05, 3.63) is 24.3 Å². The van der Waals surface area contributed by atoms with E-state index >= 15 is 0 Å². The summed E-state index contributed by atoms with van der Waals surface area (Å²) in [6, 6.07) is 6.64. The SMILES string of the molecule is NC(=S)Nc1ccc(NS(=O)O)cc1. The maximum atomic E-state index is 10.4. The lowest BCUT2D eigenvalue weighted by Gasteiger charge is -2.05. The first-order valence-corrected chi connectivity index (χ1v) is 5.13. The number of nitrogens with one attached hydrogen (secondary N) is 2. The first kappa shape index (κ1) is 10.9. The van der Waals surface area contributed by atoms with Gasteiger partial charge in [0.25, 0.3) is 11.3 Å². The van der Waals surface area contributed by atoms with Gasteiger partial charge in [0.2, 0.25) is 0 Å². The van der Waals surface area contributed by atoms with Crippen LogP contribution in [0.2, 0.25) is 0 Å². The molecule has 0 aliphatic rings. The molecular formula is C7H9N3O2S2. The molecule has 76 valence electrons. The van der Waals surface area contributed by atoms with Crippen molar-refractivity contribution in [2.24, 2.45) is 5.73 Å². The highest BCUT2D eigenvalue weighted by atomic mass is 32.2. The van der Waals surface area contributed by atoms with Crippen molar-refractivity contribution in [3.8, 4) is 0 Å². The Bertz CT molecular complexity index is 317. The summed E-state index contributed by atoms with van der Waals surface area (Å²) < 4.78 is 21.2. The second kappa shape index (κ2) is 4.89. The lowest BCUT2D eigenvalue weighted by atomic mass is 10.3. The highest BCUT2D eigenvalue weighted by Gasteiger charge is 1.96. The molecule has 0 spiro atoms. The van der Waals surface area contributed by atoms with E-state index in [-0.39, 0.29) is 5.11 Å². The molecule has 14 heavy (non-hydrogen) atoms. The van der Waals surface area contributed by atoms with Crippen LogP contribution in [0.3, 0.4) is 0 Å². The van der Waals surface area contributed by atoms with Crippen LogP contribution in [0.5, 0.6) is 0 Å². The van der Waals surface area contributed by atoms with Crippen molar-refractivity contribution in [1.29, 1.82) is 0 Å². The van der Waals surface area contributed by atoms with Gasteiger partial charge in [-0.25, -0.2) is 4.21 Å². The highest BCUT2D eigenvalue weighted by molar-refractivity contribution is 7.80. The fourth-order valence-electron chi connectivity index (χ4n) is 0.865. The Morgan fingerprint density at radius 3 is 2.29 bits per heavy atom. The lowest BCUT2D eigenvalue weighted by Crippen LogP contribution is -2.18. The van der Waals surface area contributed by atoms with Crippen LogP contribution < -0.4 is 15.8 Å². The summed E-state index contributed by atoms with van der Waals surface area (Å²) in [5, 5.41) is 2.91. The zero-order valence-electron chi connectivity index (χ0n) is 7.06. The van der Waals surface area contributed by atoms with E-state index < -0.39 is 11.3 Å². The van der Waals surface area contributed by atoms with E-state index in [9.17, 15) is 4.21 Å². The summed E-state index contributed by atoms with van der Waals surface area (Å²) >= 11 is 2.59. The number of benzene rings is 1. The minimum absolute atomic E-state index is 0.177. The van der Waals surface area contributed by atoms with Gasteiger partial charge in [-0.2, -0.15) is 0 Å². The Balaban J connectivity index is 2.68. The van der Waals surface area contributed by atoms with Gasteiger partial charge in [-0.05, 0) is 36.5 Å². The standard InChI is InChI=1S/C7H9N3O2S2/c8-7(13)9-5-1-3-6(4-2-5)10-14(11)12/h1-4,10H,(H,11,12)(H3,8,9,13). The summed E-state index contributed by atoms with van der Waals surface area (Å²) in [5.41, 5.74) is 6.53.